The number of ketones is 1. The molecule has 0 aliphatic heterocycles. The van der Waals surface area contributed by atoms with Gasteiger partial charge in [0.25, 0.3) is 0 Å². The molecule has 1 rings (SSSR count). The molecule has 14 heavy (non-hydrogen) atoms. The second kappa shape index (κ2) is 4.58. The van der Waals surface area contributed by atoms with Crippen molar-refractivity contribution in [3.05, 3.63) is 0 Å². The summed E-state index contributed by atoms with van der Waals surface area (Å²) in [5, 5.41) is 2.78. The monoisotopic (exact) mass is 197 g/mol. The Morgan fingerprint density at radius 2 is 1.86 bits per heavy atom. The summed E-state index contributed by atoms with van der Waals surface area (Å²) in [6.45, 7) is 6.35. The first kappa shape index (κ1) is 11.2. The molecule has 0 heterocycles. The predicted molar refractivity (Wildman–Crippen MR) is 54.7 cm³/mol. The number of rotatable bonds is 4. The minimum Gasteiger partial charge on any atom is -0.356 e. The number of hydrogen-bond donors (Lipinski definition) is 1. The van der Waals surface area contributed by atoms with Crippen LogP contribution < -0.4 is 5.32 Å². The van der Waals surface area contributed by atoms with Gasteiger partial charge in [0.05, 0.1) is 0 Å². The highest BCUT2D eigenvalue weighted by molar-refractivity contribution is 5.91. The zero-order valence-corrected chi connectivity index (χ0v) is 9.17. The number of Topliss-reactive ketones (excluding diaryl/α,β-unsaturated/α-hetero) is 1. The van der Waals surface area contributed by atoms with Crippen molar-refractivity contribution in [3.8, 4) is 0 Å². The Balaban J connectivity index is 2.50. The fraction of sp³-hybridized carbons (Fsp3) is 0.818. The smallest absolute Gasteiger partial charge is 0.223 e. The van der Waals surface area contributed by atoms with Gasteiger partial charge in [-0.15, -0.1) is 0 Å². The number of amides is 1. The van der Waals surface area contributed by atoms with Crippen molar-refractivity contribution >= 4 is 11.7 Å². The van der Waals surface area contributed by atoms with E-state index >= 15 is 0 Å². The molecule has 2 atom stereocenters. The van der Waals surface area contributed by atoms with E-state index in [1.807, 2.05) is 20.8 Å². The largest absolute Gasteiger partial charge is 0.356 e. The molecular formula is C11H19NO2. The fourth-order valence-electron chi connectivity index (χ4n) is 1.89. The summed E-state index contributed by atoms with van der Waals surface area (Å²) in [7, 11) is 0. The van der Waals surface area contributed by atoms with Crippen LogP contribution in [0, 0.1) is 17.8 Å². The number of carbonyl (C=O) groups is 2. The molecule has 0 aromatic heterocycles. The number of hydrogen-bond acceptors (Lipinski definition) is 2. The fourth-order valence-corrected chi connectivity index (χ4v) is 1.89. The van der Waals surface area contributed by atoms with Crippen LogP contribution in [0.4, 0.5) is 0 Å². The van der Waals surface area contributed by atoms with E-state index in [4.69, 9.17) is 0 Å². The van der Waals surface area contributed by atoms with E-state index in [-0.39, 0.29) is 29.4 Å². The van der Waals surface area contributed by atoms with Gasteiger partial charge >= 0.3 is 0 Å². The Morgan fingerprint density at radius 3 is 2.21 bits per heavy atom. The molecule has 0 aromatic rings. The van der Waals surface area contributed by atoms with Crippen molar-refractivity contribution in [3.63, 3.8) is 0 Å². The van der Waals surface area contributed by atoms with Crippen molar-refractivity contribution < 1.29 is 9.59 Å². The van der Waals surface area contributed by atoms with Crippen LogP contribution in [-0.4, -0.2) is 18.2 Å². The Bertz CT molecular complexity index is 235. The molecule has 0 unspecified atom stereocenters. The second-order valence-electron chi connectivity index (χ2n) is 4.24. The molecule has 1 N–H and O–H groups in total. The molecule has 0 saturated heterocycles. The molecule has 0 spiro atoms. The number of carbonyl (C=O) groups excluding carboxylic acids is 2. The van der Waals surface area contributed by atoms with Crippen molar-refractivity contribution in [1.82, 2.24) is 5.32 Å². The van der Waals surface area contributed by atoms with Gasteiger partial charge in [0.15, 0.2) is 0 Å². The highest BCUT2D eigenvalue weighted by Gasteiger charge is 2.41. The van der Waals surface area contributed by atoms with Crippen LogP contribution in [0.1, 0.15) is 33.6 Å². The van der Waals surface area contributed by atoms with Crippen molar-refractivity contribution in [2.75, 3.05) is 6.54 Å². The van der Waals surface area contributed by atoms with Crippen LogP contribution in [0.5, 0.6) is 0 Å². The van der Waals surface area contributed by atoms with Crippen LogP contribution in [0.15, 0.2) is 0 Å². The summed E-state index contributed by atoms with van der Waals surface area (Å²) >= 11 is 0. The lowest BCUT2D eigenvalue weighted by molar-refractivity contribution is -0.140. The summed E-state index contributed by atoms with van der Waals surface area (Å²) in [5.41, 5.74) is 0. The zero-order valence-electron chi connectivity index (χ0n) is 9.17. The van der Waals surface area contributed by atoms with Crippen molar-refractivity contribution in [2.24, 2.45) is 17.8 Å². The lowest BCUT2D eigenvalue weighted by Crippen LogP contribution is -2.45. The topological polar surface area (TPSA) is 46.2 Å². The van der Waals surface area contributed by atoms with Crippen molar-refractivity contribution in [1.29, 1.82) is 0 Å². The van der Waals surface area contributed by atoms with Gasteiger partial charge in [-0.3, -0.25) is 9.59 Å². The van der Waals surface area contributed by atoms with Gasteiger partial charge < -0.3 is 5.32 Å². The third-order valence-corrected chi connectivity index (χ3v) is 2.90. The average Bonchev–Trinajstić information content (AvgIpc) is 2.02. The van der Waals surface area contributed by atoms with E-state index in [2.05, 4.69) is 5.32 Å². The summed E-state index contributed by atoms with van der Waals surface area (Å²) in [5.74, 6) is 0.286. The zero-order chi connectivity index (χ0) is 10.7. The van der Waals surface area contributed by atoms with E-state index in [9.17, 15) is 9.59 Å². The van der Waals surface area contributed by atoms with E-state index in [0.29, 0.717) is 6.54 Å². The quantitative estimate of drug-likeness (QED) is 0.740. The molecule has 0 bridgehead atoms. The third kappa shape index (κ3) is 2.14. The third-order valence-electron chi connectivity index (χ3n) is 2.90. The van der Waals surface area contributed by atoms with Crippen molar-refractivity contribution in [2.45, 2.75) is 33.6 Å². The van der Waals surface area contributed by atoms with Crippen LogP contribution in [-0.2, 0) is 9.59 Å². The highest BCUT2D eigenvalue weighted by Crippen LogP contribution is 2.36. The molecule has 1 fully saturated rings. The van der Waals surface area contributed by atoms with E-state index < -0.39 is 0 Å². The first-order valence-corrected chi connectivity index (χ1v) is 5.39. The first-order valence-electron chi connectivity index (χ1n) is 5.39. The molecule has 1 aliphatic rings. The Morgan fingerprint density at radius 1 is 1.29 bits per heavy atom. The van der Waals surface area contributed by atoms with E-state index in [0.717, 1.165) is 12.8 Å². The standard InChI is InChI=1S/C11H19NO2/c1-4-12-11(14)9-6-5-8(9)10(13)7(2)3/h7-9H,4-6H2,1-3H3,(H,12,14)/t8-,9+/m1/s1. The highest BCUT2D eigenvalue weighted by atomic mass is 16.2. The summed E-state index contributed by atoms with van der Waals surface area (Å²) in [6.07, 6.45) is 1.76. The summed E-state index contributed by atoms with van der Waals surface area (Å²) in [4.78, 5) is 23.2. The maximum atomic E-state index is 11.7. The Hall–Kier alpha value is -0.860. The van der Waals surface area contributed by atoms with Gasteiger partial charge in [0, 0.05) is 24.3 Å². The molecule has 0 radical (unpaired) electrons. The molecule has 1 aliphatic carbocycles. The maximum absolute atomic E-state index is 11.7. The lowest BCUT2D eigenvalue weighted by Gasteiger charge is -2.35. The Labute approximate surface area is 85.3 Å². The lowest BCUT2D eigenvalue weighted by atomic mass is 9.69. The molecular weight excluding hydrogens is 178 g/mol. The van der Waals surface area contributed by atoms with Gasteiger partial charge in [-0.2, -0.15) is 0 Å². The van der Waals surface area contributed by atoms with Crippen LogP contribution in [0.3, 0.4) is 0 Å². The summed E-state index contributed by atoms with van der Waals surface area (Å²) in [6, 6.07) is 0. The van der Waals surface area contributed by atoms with Crippen LogP contribution in [0.2, 0.25) is 0 Å². The minimum absolute atomic E-state index is 0.0125. The second-order valence-corrected chi connectivity index (χ2v) is 4.24. The van der Waals surface area contributed by atoms with Gasteiger partial charge in [-0.05, 0) is 19.8 Å². The van der Waals surface area contributed by atoms with Crippen LogP contribution in [0.25, 0.3) is 0 Å². The maximum Gasteiger partial charge on any atom is 0.223 e. The molecule has 80 valence electrons. The van der Waals surface area contributed by atoms with Gasteiger partial charge in [0.2, 0.25) is 5.91 Å². The van der Waals surface area contributed by atoms with Gasteiger partial charge in [-0.1, -0.05) is 13.8 Å². The summed E-state index contributed by atoms with van der Waals surface area (Å²) < 4.78 is 0. The molecule has 0 aromatic carbocycles. The number of nitrogens with one attached hydrogen (secondary N) is 1. The first-order chi connectivity index (χ1) is 6.57. The normalized spacial score (nSPS) is 25.7. The van der Waals surface area contributed by atoms with Crippen LogP contribution >= 0.6 is 0 Å². The molecule has 1 saturated carbocycles. The molecule has 3 nitrogen and oxygen atoms in total. The van der Waals surface area contributed by atoms with Gasteiger partial charge in [-0.25, -0.2) is 0 Å². The predicted octanol–water partition coefficient (Wildman–Crippen LogP) is 1.37. The SMILES string of the molecule is CCNC(=O)[C@H]1CC[C@H]1C(=O)C(C)C. The minimum atomic E-state index is -0.0511. The molecule has 1 amide bonds. The van der Waals surface area contributed by atoms with E-state index in [1.54, 1.807) is 0 Å². The Kier molecular flexibility index (Phi) is 3.67. The van der Waals surface area contributed by atoms with Gasteiger partial charge in [0.1, 0.15) is 5.78 Å². The average molecular weight is 197 g/mol. The van der Waals surface area contributed by atoms with E-state index in [1.165, 1.54) is 0 Å². The molecule has 3 heteroatoms.